The Labute approximate surface area is 190 Å². The molecular weight excluding hydrogens is 424 g/mol. The van der Waals surface area contributed by atoms with Gasteiger partial charge in [-0.25, -0.2) is 0 Å². The van der Waals surface area contributed by atoms with Crippen molar-refractivity contribution in [2.24, 2.45) is 5.92 Å². The average molecular weight is 448 g/mol. The molecule has 0 spiro atoms. The minimum Gasteiger partial charge on any atom is -0.497 e. The largest absolute Gasteiger partial charge is 0.497 e. The molecule has 1 saturated heterocycles. The van der Waals surface area contributed by atoms with Gasteiger partial charge in [-0.05, 0) is 24.3 Å². The van der Waals surface area contributed by atoms with Gasteiger partial charge in [0.1, 0.15) is 12.4 Å². The van der Waals surface area contributed by atoms with Crippen LogP contribution in [0, 0.1) is 5.92 Å². The first-order valence-corrected chi connectivity index (χ1v) is 10.8. The second-order valence-corrected chi connectivity index (χ2v) is 8.04. The van der Waals surface area contributed by atoms with Crippen molar-refractivity contribution in [3.8, 4) is 17.2 Å². The summed E-state index contributed by atoms with van der Waals surface area (Å²) in [4.78, 5) is 26.9. The Kier molecular flexibility index (Phi) is 5.60. The van der Waals surface area contributed by atoms with Crippen molar-refractivity contribution in [1.29, 1.82) is 0 Å². The standard InChI is InChI=1S/C24H24N4O5/c1-31-19-6-4-5-18(10-19)28-12-16(9-23(28)29)24(30)26-17-11-25-27(13-17)14-20-15-32-21-7-2-3-8-22(21)33-20/h2-8,10-11,13,16,20H,9,12,14-15H2,1H3,(H,26,30). The van der Waals surface area contributed by atoms with Gasteiger partial charge >= 0.3 is 0 Å². The smallest absolute Gasteiger partial charge is 0.229 e. The fourth-order valence-electron chi connectivity index (χ4n) is 4.05. The molecule has 1 aromatic heterocycles. The molecule has 5 rings (SSSR count). The number of anilines is 2. The summed E-state index contributed by atoms with van der Waals surface area (Å²) in [6.07, 6.45) is 3.31. The summed E-state index contributed by atoms with van der Waals surface area (Å²) in [5, 5.41) is 7.19. The molecule has 2 unspecified atom stereocenters. The van der Waals surface area contributed by atoms with Crippen LogP contribution in [0.5, 0.6) is 17.2 Å². The maximum atomic E-state index is 12.8. The highest BCUT2D eigenvalue weighted by atomic mass is 16.6. The fraction of sp³-hybridized carbons (Fsp3) is 0.292. The molecular formula is C24H24N4O5. The zero-order valence-corrected chi connectivity index (χ0v) is 18.1. The minimum atomic E-state index is -0.446. The molecule has 2 aliphatic rings. The first kappa shape index (κ1) is 20.9. The van der Waals surface area contributed by atoms with Gasteiger partial charge in [0.25, 0.3) is 0 Å². The lowest BCUT2D eigenvalue weighted by atomic mass is 10.1. The van der Waals surface area contributed by atoms with Crippen LogP contribution in [0.4, 0.5) is 11.4 Å². The Morgan fingerprint density at radius 2 is 2.06 bits per heavy atom. The third kappa shape index (κ3) is 4.48. The van der Waals surface area contributed by atoms with E-state index in [0.717, 1.165) is 11.4 Å². The fourth-order valence-corrected chi connectivity index (χ4v) is 4.05. The first-order valence-electron chi connectivity index (χ1n) is 10.8. The molecule has 1 fully saturated rings. The number of aromatic nitrogens is 2. The van der Waals surface area contributed by atoms with E-state index in [1.165, 1.54) is 0 Å². The van der Waals surface area contributed by atoms with Crippen molar-refractivity contribution >= 4 is 23.2 Å². The molecule has 3 heterocycles. The van der Waals surface area contributed by atoms with Crippen molar-refractivity contribution < 1.29 is 23.8 Å². The van der Waals surface area contributed by atoms with Crippen molar-refractivity contribution in [2.75, 3.05) is 30.5 Å². The summed E-state index contributed by atoms with van der Waals surface area (Å²) in [6.45, 7) is 1.22. The van der Waals surface area contributed by atoms with Gasteiger partial charge in [0.15, 0.2) is 17.6 Å². The number of fused-ring (bicyclic) bond motifs is 1. The molecule has 2 atom stereocenters. The molecule has 2 amide bonds. The summed E-state index contributed by atoms with van der Waals surface area (Å²) in [6, 6.07) is 14.8. The summed E-state index contributed by atoms with van der Waals surface area (Å²) >= 11 is 0. The average Bonchev–Trinajstić information content (AvgIpc) is 3.45. The number of nitrogens with one attached hydrogen (secondary N) is 1. The molecule has 0 aliphatic carbocycles. The Hall–Kier alpha value is -4.01. The number of hydrogen-bond donors (Lipinski definition) is 1. The van der Waals surface area contributed by atoms with E-state index in [-0.39, 0.29) is 24.3 Å². The van der Waals surface area contributed by atoms with E-state index >= 15 is 0 Å². The molecule has 9 nitrogen and oxygen atoms in total. The quantitative estimate of drug-likeness (QED) is 0.623. The normalized spacial score (nSPS) is 19.4. The predicted molar refractivity (Wildman–Crippen MR) is 121 cm³/mol. The molecule has 0 saturated carbocycles. The maximum Gasteiger partial charge on any atom is 0.229 e. The van der Waals surface area contributed by atoms with E-state index in [1.807, 2.05) is 42.5 Å². The highest BCUT2D eigenvalue weighted by Crippen LogP contribution is 2.31. The molecule has 2 aliphatic heterocycles. The van der Waals surface area contributed by atoms with Gasteiger partial charge in [-0.3, -0.25) is 14.3 Å². The van der Waals surface area contributed by atoms with Crippen molar-refractivity contribution in [1.82, 2.24) is 9.78 Å². The van der Waals surface area contributed by atoms with Crippen LogP contribution in [-0.4, -0.2) is 48.0 Å². The van der Waals surface area contributed by atoms with Gasteiger partial charge in [-0.15, -0.1) is 0 Å². The second-order valence-electron chi connectivity index (χ2n) is 8.04. The second kappa shape index (κ2) is 8.85. The van der Waals surface area contributed by atoms with Crippen LogP contribution in [0.15, 0.2) is 60.9 Å². The summed E-state index contributed by atoms with van der Waals surface area (Å²) < 4.78 is 18.6. The maximum absolute atomic E-state index is 12.8. The van der Waals surface area contributed by atoms with Crippen molar-refractivity contribution in [3.63, 3.8) is 0 Å². The number of amides is 2. The lowest BCUT2D eigenvalue weighted by Gasteiger charge is -2.26. The topological polar surface area (TPSA) is 94.9 Å². The van der Waals surface area contributed by atoms with Crippen LogP contribution in [0.1, 0.15) is 6.42 Å². The Bertz CT molecular complexity index is 1180. The minimum absolute atomic E-state index is 0.0890. The van der Waals surface area contributed by atoms with Gasteiger partial charge in [0.05, 0.1) is 31.5 Å². The molecule has 0 bridgehead atoms. The number of benzene rings is 2. The van der Waals surface area contributed by atoms with E-state index in [0.29, 0.717) is 36.9 Å². The lowest BCUT2D eigenvalue weighted by Crippen LogP contribution is -2.33. The van der Waals surface area contributed by atoms with Gasteiger partial charge in [0, 0.05) is 30.9 Å². The SMILES string of the molecule is COc1cccc(N2CC(C(=O)Nc3cnn(CC4COc5ccccc5O4)c3)CC2=O)c1. The number of rotatable bonds is 6. The lowest BCUT2D eigenvalue weighted by molar-refractivity contribution is -0.122. The van der Waals surface area contributed by atoms with Crippen LogP contribution in [-0.2, 0) is 16.1 Å². The molecule has 2 aromatic carbocycles. The number of carbonyl (C=O) groups excluding carboxylic acids is 2. The van der Waals surface area contributed by atoms with Gasteiger partial charge in [-0.2, -0.15) is 5.10 Å². The van der Waals surface area contributed by atoms with Crippen LogP contribution in [0.3, 0.4) is 0 Å². The van der Waals surface area contributed by atoms with Gasteiger partial charge in [-0.1, -0.05) is 18.2 Å². The Balaban J connectivity index is 1.18. The van der Waals surface area contributed by atoms with Crippen molar-refractivity contribution in [3.05, 3.63) is 60.9 Å². The summed E-state index contributed by atoms with van der Waals surface area (Å²) in [7, 11) is 1.58. The molecule has 0 radical (unpaired) electrons. The first-order chi connectivity index (χ1) is 16.1. The van der Waals surface area contributed by atoms with E-state index in [1.54, 1.807) is 35.2 Å². The Morgan fingerprint density at radius 1 is 1.21 bits per heavy atom. The predicted octanol–water partition coefficient (Wildman–Crippen LogP) is 2.72. The highest BCUT2D eigenvalue weighted by molar-refractivity contribution is 6.03. The highest BCUT2D eigenvalue weighted by Gasteiger charge is 2.35. The number of carbonyl (C=O) groups is 2. The molecule has 3 aromatic rings. The number of methoxy groups -OCH3 is 1. The third-order valence-electron chi connectivity index (χ3n) is 5.72. The summed E-state index contributed by atoms with van der Waals surface area (Å²) in [5.74, 6) is 1.36. The molecule has 170 valence electrons. The van der Waals surface area contributed by atoms with Crippen LogP contribution < -0.4 is 24.4 Å². The van der Waals surface area contributed by atoms with E-state index in [2.05, 4.69) is 10.4 Å². The van der Waals surface area contributed by atoms with Crippen LogP contribution >= 0.6 is 0 Å². The molecule has 9 heteroatoms. The zero-order valence-electron chi connectivity index (χ0n) is 18.1. The zero-order chi connectivity index (χ0) is 22.8. The molecule has 1 N–H and O–H groups in total. The number of para-hydroxylation sites is 2. The molecule has 33 heavy (non-hydrogen) atoms. The van der Waals surface area contributed by atoms with E-state index in [4.69, 9.17) is 14.2 Å². The summed E-state index contributed by atoms with van der Waals surface area (Å²) in [5.41, 5.74) is 1.29. The monoisotopic (exact) mass is 448 g/mol. The Morgan fingerprint density at radius 3 is 2.91 bits per heavy atom. The van der Waals surface area contributed by atoms with Gasteiger partial charge < -0.3 is 24.4 Å². The number of nitrogens with zero attached hydrogens (tertiary/aromatic N) is 3. The van der Waals surface area contributed by atoms with Gasteiger partial charge in [0.2, 0.25) is 11.8 Å². The van der Waals surface area contributed by atoms with E-state index < -0.39 is 5.92 Å². The van der Waals surface area contributed by atoms with Crippen LogP contribution in [0.25, 0.3) is 0 Å². The third-order valence-corrected chi connectivity index (χ3v) is 5.72. The number of ether oxygens (including phenoxy) is 3. The van der Waals surface area contributed by atoms with Crippen LogP contribution in [0.2, 0.25) is 0 Å². The number of hydrogen-bond acceptors (Lipinski definition) is 6. The van der Waals surface area contributed by atoms with E-state index in [9.17, 15) is 9.59 Å². The van der Waals surface area contributed by atoms with Crippen molar-refractivity contribution in [2.45, 2.75) is 19.1 Å².